The molecular weight excluding hydrogens is 258 g/mol. The van der Waals surface area contributed by atoms with Crippen LogP contribution >= 0.6 is 0 Å². The lowest BCUT2D eigenvalue weighted by atomic mass is 10.1. The Morgan fingerprint density at radius 3 is 3.05 bits per heavy atom. The summed E-state index contributed by atoms with van der Waals surface area (Å²) in [4.78, 5) is 29.9. The molecule has 1 fully saturated rings. The molecule has 2 N–H and O–H groups in total. The van der Waals surface area contributed by atoms with E-state index in [4.69, 9.17) is 4.74 Å². The third-order valence-corrected chi connectivity index (χ3v) is 3.24. The maximum absolute atomic E-state index is 12.0. The quantitative estimate of drug-likeness (QED) is 0.832. The van der Waals surface area contributed by atoms with Crippen molar-refractivity contribution in [2.75, 3.05) is 19.8 Å². The highest BCUT2D eigenvalue weighted by atomic mass is 16.5. The summed E-state index contributed by atoms with van der Waals surface area (Å²) < 4.78 is 5.26. The van der Waals surface area contributed by atoms with Crippen molar-refractivity contribution in [2.45, 2.75) is 26.7 Å². The average Bonchev–Trinajstić information content (AvgIpc) is 2.87. The van der Waals surface area contributed by atoms with E-state index in [1.54, 1.807) is 6.07 Å². The molecule has 1 saturated heterocycles. The summed E-state index contributed by atoms with van der Waals surface area (Å²) in [6.07, 6.45) is 1.68. The van der Waals surface area contributed by atoms with Gasteiger partial charge in [-0.2, -0.15) is 4.98 Å². The number of aromatic nitrogens is 2. The van der Waals surface area contributed by atoms with Gasteiger partial charge in [0.1, 0.15) is 5.69 Å². The predicted octanol–water partition coefficient (Wildman–Crippen LogP) is 0.735. The molecule has 0 aliphatic carbocycles. The number of hydrogen-bond donors (Lipinski definition) is 2. The van der Waals surface area contributed by atoms with Crippen molar-refractivity contribution in [3.05, 3.63) is 27.9 Å². The van der Waals surface area contributed by atoms with Crippen LogP contribution < -0.4 is 11.0 Å². The standard InChI is InChI=1S/C14H21N3O3/c1-9(2)5-11-6-12(17-14(19)16-11)13(18)15-7-10-3-4-20-8-10/h6,9-10H,3-5,7-8H2,1-2H3,(H,15,18)(H,16,17,19)/t10-/m0/s1. The molecule has 0 saturated carbocycles. The van der Waals surface area contributed by atoms with E-state index in [1.165, 1.54) is 0 Å². The summed E-state index contributed by atoms with van der Waals surface area (Å²) in [6.45, 7) is 6.11. The summed E-state index contributed by atoms with van der Waals surface area (Å²) in [7, 11) is 0. The fourth-order valence-electron chi connectivity index (χ4n) is 2.25. The van der Waals surface area contributed by atoms with E-state index in [-0.39, 0.29) is 11.6 Å². The van der Waals surface area contributed by atoms with E-state index in [0.717, 1.165) is 18.7 Å². The fraction of sp³-hybridized carbons (Fsp3) is 0.643. The lowest BCUT2D eigenvalue weighted by Gasteiger charge is -2.10. The molecule has 1 atom stereocenters. The lowest BCUT2D eigenvalue weighted by molar-refractivity contribution is 0.0939. The van der Waals surface area contributed by atoms with Gasteiger partial charge in [-0.25, -0.2) is 4.79 Å². The molecule has 20 heavy (non-hydrogen) atoms. The zero-order valence-electron chi connectivity index (χ0n) is 11.9. The number of rotatable bonds is 5. The van der Waals surface area contributed by atoms with Crippen LogP contribution in [0.25, 0.3) is 0 Å². The molecule has 0 aromatic carbocycles. The SMILES string of the molecule is CC(C)Cc1cc(C(=O)NC[C@@H]2CCOC2)nc(=O)[nH]1. The highest BCUT2D eigenvalue weighted by molar-refractivity contribution is 5.92. The number of nitrogens with zero attached hydrogens (tertiary/aromatic N) is 1. The number of carbonyl (C=O) groups is 1. The van der Waals surface area contributed by atoms with Crippen molar-refractivity contribution in [3.63, 3.8) is 0 Å². The summed E-state index contributed by atoms with van der Waals surface area (Å²) in [6, 6.07) is 1.65. The van der Waals surface area contributed by atoms with Crippen LogP contribution in [0.1, 0.15) is 36.5 Å². The molecule has 1 aromatic rings. The Bertz CT molecular complexity index is 519. The van der Waals surface area contributed by atoms with E-state index in [9.17, 15) is 9.59 Å². The number of amides is 1. The van der Waals surface area contributed by atoms with Crippen LogP contribution in [0, 0.1) is 11.8 Å². The molecular formula is C14H21N3O3. The van der Waals surface area contributed by atoms with Gasteiger partial charge >= 0.3 is 5.69 Å². The van der Waals surface area contributed by atoms with Gasteiger partial charge in [-0.1, -0.05) is 13.8 Å². The first kappa shape index (κ1) is 14.7. The predicted molar refractivity (Wildman–Crippen MR) is 74.7 cm³/mol. The highest BCUT2D eigenvalue weighted by Crippen LogP contribution is 2.11. The van der Waals surface area contributed by atoms with Crippen LogP contribution in [0.3, 0.4) is 0 Å². The topological polar surface area (TPSA) is 84.1 Å². The maximum atomic E-state index is 12.0. The third-order valence-electron chi connectivity index (χ3n) is 3.24. The first-order valence-electron chi connectivity index (χ1n) is 7.00. The number of carbonyl (C=O) groups excluding carboxylic acids is 1. The second-order valence-corrected chi connectivity index (χ2v) is 5.63. The van der Waals surface area contributed by atoms with Gasteiger partial charge in [-0.15, -0.1) is 0 Å². The number of aromatic amines is 1. The van der Waals surface area contributed by atoms with Crippen LogP contribution in [0.4, 0.5) is 0 Å². The van der Waals surface area contributed by atoms with Crippen molar-refractivity contribution < 1.29 is 9.53 Å². The average molecular weight is 279 g/mol. The van der Waals surface area contributed by atoms with Crippen molar-refractivity contribution in [2.24, 2.45) is 11.8 Å². The number of H-pyrrole nitrogens is 1. The van der Waals surface area contributed by atoms with E-state index >= 15 is 0 Å². The normalized spacial score (nSPS) is 18.4. The third kappa shape index (κ3) is 4.16. The Hall–Kier alpha value is -1.69. The van der Waals surface area contributed by atoms with Crippen molar-refractivity contribution in [1.82, 2.24) is 15.3 Å². The monoisotopic (exact) mass is 279 g/mol. The molecule has 1 aliphatic heterocycles. The van der Waals surface area contributed by atoms with Crippen LogP contribution in [-0.2, 0) is 11.2 Å². The molecule has 2 rings (SSSR count). The molecule has 0 radical (unpaired) electrons. The van der Waals surface area contributed by atoms with E-state index in [1.807, 2.05) is 0 Å². The molecule has 1 aliphatic rings. The zero-order valence-corrected chi connectivity index (χ0v) is 11.9. The van der Waals surface area contributed by atoms with Gasteiger partial charge in [0.25, 0.3) is 5.91 Å². The first-order valence-corrected chi connectivity index (χ1v) is 7.00. The summed E-state index contributed by atoms with van der Waals surface area (Å²) in [5.74, 6) is 0.462. The fourth-order valence-corrected chi connectivity index (χ4v) is 2.25. The molecule has 0 bridgehead atoms. The van der Waals surface area contributed by atoms with Crippen LogP contribution in [0.5, 0.6) is 0 Å². The smallest absolute Gasteiger partial charge is 0.345 e. The maximum Gasteiger partial charge on any atom is 0.345 e. The second-order valence-electron chi connectivity index (χ2n) is 5.63. The Morgan fingerprint density at radius 2 is 2.40 bits per heavy atom. The van der Waals surface area contributed by atoms with E-state index in [0.29, 0.717) is 31.4 Å². The van der Waals surface area contributed by atoms with Crippen LogP contribution in [-0.4, -0.2) is 35.6 Å². The van der Waals surface area contributed by atoms with Gasteiger partial charge in [0.2, 0.25) is 0 Å². The largest absolute Gasteiger partial charge is 0.381 e. The minimum atomic E-state index is -0.475. The minimum absolute atomic E-state index is 0.184. The minimum Gasteiger partial charge on any atom is -0.381 e. The summed E-state index contributed by atoms with van der Waals surface area (Å²) in [5, 5.41) is 2.81. The Kier molecular flexibility index (Phi) is 4.89. The molecule has 1 amide bonds. The molecule has 110 valence electrons. The number of hydrogen-bond acceptors (Lipinski definition) is 4. The summed E-state index contributed by atoms with van der Waals surface area (Å²) >= 11 is 0. The molecule has 6 nitrogen and oxygen atoms in total. The van der Waals surface area contributed by atoms with Gasteiger partial charge in [0, 0.05) is 24.8 Å². The molecule has 6 heteroatoms. The molecule has 0 spiro atoms. The first-order chi connectivity index (χ1) is 9.54. The Morgan fingerprint density at radius 1 is 1.60 bits per heavy atom. The van der Waals surface area contributed by atoms with Crippen molar-refractivity contribution in [3.8, 4) is 0 Å². The van der Waals surface area contributed by atoms with Crippen molar-refractivity contribution >= 4 is 5.91 Å². The molecule has 2 heterocycles. The van der Waals surface area contributed by atoms with Crippen LogP contribution in [0.2, 0.25) is 0 Å². The van der Waals surface area contributed by atoms with Gasteiger partial charge in [-0.05, 0) is 24.8 Å². The van der Waals surface area contributed by atoms with E-state index in [2.05, 4.69) is 29.1 Å². The Labute approximate surface area is 118 Å². The zero-order chi connectivity index (χ0) is 14.5. The highest BCUT2D eigenvalue weighted by Gasteiger charge is 2.17. The van der Waals surface area contributed by atoms with Crippen LogP contribution in [0.15, 0.2) is 10.9 Å². The van der Waals surface area contributed by atoms with Gasteiger partial charge in [0.05, 0.1) is 6.61 Å². The number of ether oxygens (including phenoxy) is 1. The van der Waals surface area contributed by atoms with E-state index < -0.39 is 5.69 Å². The number of nitrogens with one attached hydrogen (secondary N) is 2. The molecule has 1 aromatic heterocycles. The van der Waals surface area contributed by atoms with Gasteiger partial charge in [-0.3, -0.25) is 4.79 Å². The lowest BCUT2D eigenvalue weighted by Crippen LogP contribution is -2.32. The van der Waals surface area contributed by atoms with Crippen molar-refractivity contribution in [1.29, 1.82) is 0 Å². The van der Waals surface area contributed by atoms with Gasteiger partial charge < -0.3 is 15.0 Å². The second kappa shape index (κ2) is 6.65. The summed E-state index contributed by atoms with van der Waals surface area (Å²) in [5.41, 5.74) is 0.454. The molecule has 0 unspecified atom stereocenters. The van der Waals surface area contributed by atoms with Gasteiger partial charge in [0.15, 0.2) is 0 Å². The Balaban J connectivity index is 2.00.